The van der Waals surface area contributed by atoms with Gasteiger partial charge in [0.15, 0.2) is 5.78 Å². The Balaban J connectivity index is 2.04. The number of fused-ring (bicyclic) bond motifs is 3. The van der Waals surface area contributed by atoms with E-state index in [-0.39, 0.29) is 17.8 Å². The van der Waals surface area contributed by atoms with Crippen LogP contribution in [0.4, 0.5) is 0 Å². The molecule has 2 heteroatoms. The van der Waals surface area contributed by atoms with Crippen LogP contribution in [0.3, 0.4) is 0 Å². The Kier molecular flexibility index (Phi) is 1.93. The molecule has 0 spiro atoms. The Bertz CT molecular complexity index is 499. The third kappa shape index (κ3) is 1.16. The van der Waals surface area contributed by atoms with Crippen molar-refractivity contribution in [1.82, 2.24) is 0 Å². The molecule has 1 aromatic rings. The smallest absolute Gasteiger partial charge is 0.159 e. The van der Waals surface area contributed by atoms with Crippen molar-refractivity contribution in [3.63, 3.8) is 0 Å². The molecule has 16 heavy (non-hydrogen) atoms. The van der Waals surface area contributed by atoms with E-state index in [9.17, 15) is 4.79 Å². The van der Waals surface area contributed by atoms with Gasteiger partial charge in [-0.05, 0) is 31.4 Å². The van der Waals surface area contributed by atoms with Crippen LogP contribution in [0.15, 0.2) is 35.6 Å². The van der Waals surface area contributed by atoms with Gasteiger partial charge in [-0.15, -0.1) is 0 Å². The van der Waals surface area contributed by atoms with Crippen molar-refractivity contribution in [2.75, 3.05) is 0 Å². The molecule has 0 saturated carbocycles. The molecule has 0 aromatic heterocycles. The van der Waals surface area contributed by atoms with Crippen LogP contribution in [0.1, 0.15) is 31.1 Å². The first kappa shape index (κ1) is 9.64. The van der Waals surface area contributed by atoms with Crippen molar-refractivity contribution >= 4 is 5.78 Å². The number of rotatable bonds is 1. The lowest BCUT2D eigenvalue weighted by Gasteiger charge is -2.11. The van der Waals surface area contributed by atoms with Crippen molar-refractivity contribution in [3.8, 4) is 0 Å². The second-order valence-corrected chi connectivity index (χ2v) is 4.57. The lowest BCUT2D eigenvalue weighted by atomic mass is 9.93. The van der Waals surface area contributed by atoms with Gasteiger partial charge < -0.3 is 4.74 Å². The van der Waals surface area contributed by atoms with E-state index in [0.717, 1.165) is 17.8 Å². The van der Waals surface area contributed by atoms with E-state index >= 15 is 0 Å². The maximum Gasteiger partial charge on any atom is 0.159 e. The van der Waals surface area contributed by atoms with Gasteiger partial charge in [0.05, 0.1) is 0 Å². The molecule has 1 aliphatic carbocycles. The van der Waals surface area contributed by atoms with Crippen LogP contribution in [0, 0.1) is 5.92 Å². The van der Waals surface area contributed by atoms with Gasteiger partial charge in [-0.2, -0.15) is 0 Å². The molecule has 0 fully saturated rings. The van der Waals surface area contributed by atoms with Gasteiger partial charge in [-0.3, -0.25) is 4.79 Å². The molecule has 0 amide bonds. The van der Waals surface area contributed by atoms with Crippen LogP contribution in [-0.4, -0.2) is 5.78 Å². The Morgan fingerprint density at radius 2 is 2.12 bits per heavy atom. The predicted molar refractivity (Wildman–Crippen MR) is 60.8 cm³/mol. The Morgan fingerprint density at radius 3 is 2.88 bits per heavy atom. The molecule has 2 atom stereocenters. The second kappa shape index (κ2) is 3.21. The molecule has 0 radical (unpaired) electrons. The van der Waals surface area contributed by atoms with Crippen molar-refractivity contribution in [2.24, 2.45) is 5.92 Å². The monoisotopic (exact) mass is 214 g/mol. The van der Waals surface area contributed by atoms with E-state index in [2.05, 4.69) is 12.1 Å². The number of Topliss-reactive ketones (excluding diaryl/α,β-unsaturated/α-hetero) is 1. The number of allylic oxidation sites excluding steroid dienone is 1. The summed E-state index contributed by atoms with van der Waals surface area (Å²) in [4.78, 5) is 11.6. The zero-order valence-corrected chi connectivity index (χ0v) is 9.49. The SMILES string of the molecule is CC(=O)C1=C(C)O[C@H]2c3ccccc3C[C@@H]12. The minimum Gasteiger partial charge on any atom is -0.489 e. The third-order valence-electron chi connectivity index (χ3n) is 3.60. The van der Waals surface area contributed by atoms with Crippen molar-refractivity contribution < 1.29 is 9.53 Å². The lowest BCUT2D eigenvalue weighted by Crippen LogP contribution is -2.10. The molecule has 1 aromatic carbocycles. The zero-order chi connectivity index (χ0) is 11.3. The number of carbonyl (C=O) groups excluding carboxylic acids is 1. The first-order chi connectivity index (χ1) is 7.68. The first-order valence-corrected chi connectivity index (χ1v) is 5.64. The van der Waals surface area contributed by atoms with Gasteiger partial charge >= 0.3 is 0 Å². The molecule has 0 saturated heterocycles. The highest BCUT2D eigenvalue weighted by molar-refractivity contribution is 5.95. The molecule has 0 N–H and O–H groups in total. The van der Waals surface area contributed by atoms with E-state index in [1.54, 1.807) is 6.92 Å². The van der Waals surface area contributed by atoms with Gasteiger partial charge in [-0.1, -0.05) is 24.3 Å². The number of ether oxygens (including phenoxy) is 1. The van der Waals surface area contributed by atoms with Crippen LogP contribution >= 0.6 is 0 Å². The molecule has 82 valence electrons. The van der Waals surface area contributed by atoms with Gasteiger partial charge in [0.1, 0.15) is 11.9 Å². The standard InChI is InChI=1S/C14H14O2/c1-8(15)13-9(2)16-14-11-6-4-3-5-10(11)7-12(13)14/h3-6,12,14H,7H2,1-2H3/t12-,14-/m0/s1. The Hall–Kier alpha value is -1.57. The molecule has 1 heterocycles. The van der Waals surface area contributed by atoms with Crippen LogP contribution in [0.2, 0.25) is 0 Å². The third-order valence-corrected chi connectivity index (χ3v) is 3.60. The summed E-state index contributed by atoms with van der Waals surface area (Å²) in [5, 5.41) is 0. The van der Waals surface area contributed by atoms with Crippen LogP contribution in [0.25, 0.3) is 0 Å². The minimum atomic E-state index is 0.0788. The average Bonchev–Trinajstić information content (AvgIpc) is 2.71. The molecule has 0 unspecified atom stereocenters. The summed E-state index contributed by atoms with van der Waals surface area (Å²) in [6.07, 6.45) is 1.02. The largest absolute Gasteiger partial charge is 0.489 e. The average molecular weight is 214 g/mol. The highest BCUT2D eigenvalue weighted by atomic mass is 16.5. The molecule has 0 bridgehead atoms. The van der Waals surface area contributed by atoms with Crippen molar-refractivity contribution in [1.29, 1.82) is 0 Å². The van der Waals surface area contributed by atoms with E-state index in [1.165, 1.54) is 11.1 Å². The van der Waals surface area contributed by atoms with Gasteiger partial charge in [0.25, 0.3) is 0 Å². The van der Waals surface area contributed by atoms with E-state index < -0.39 is 0 Å². The van der Waals surface area contributed by atoms with Gasteiger partial charge in [0, 0.05) is 11.5 Å². The van der Waals surface area contributed by atoms with Crippen LogP contribution in [0.5, 0.6) is 0 Å². The molecule has 3 rings (SSSR count). The fourth-order valence-electron chi connectivity index (χ4n) is 2.98. The summed E-state index contributed by atoms with van der Waals surface area (Å²) in [6, 6.07) is 8.32. The predicted octanol–water partition coefficient (Wildman–Crippen LogP) is 2.79. The summed E-state index contributed by atoms with van der Waals surface area (Å²) in [5.41, 5.74) is 3.47. The fraction of sp³-hybridized carbons (Fsp3) is 0.357. The molecule has 1 aliphatic heterocycles. The normalized spacial score (nSPS) is 26.4. The number of hydrogen-bond acceptors (Lipinski definition) is 2. The highest BCUT2D eigenvalue weighted by Crippen LogP contribution is 2.49. The summed E-state index contributed by atoms with van der Waals surface area (Å²) >= 11 is 0. The van der Waals surface area contributed by atoms with Crippen molar-refractivity contribution in [3.05, 3.63) is 46.7 Å². The summed E-state index contributed by atoms with van der Waals surface area (Å²) in [7, 11) is 0. The summed E-state index contributed by atoms with van der Waals surface area (Å²) in [5.74, 6) is 1.21. The van der Waals surface area contributed by atoms with Crippen LogP contribution < -0.4 is 0 Å². The number of benzene rings is 1. The number of hydrogen-bond donors (Lipinski definition) is 0. The molecule has 2 aliphatic rings. The highest BCUT2D eigenvalue weighted by Gasteiger charge is 2.43. The molecule has 2 nitrogen and oxygen atoms in total. The van der Waals surface area contributed by atoms with E-state index in [1.807, 2.05) is 19.1 Å². The second-order valence-electron chi connectivity index (χ2n) is 4.57. The minimum absolute atomic E-state index is 0.0788. The Morgan fingerprint density at radius 1 is 1.38 bits per heavy atom. The summed E-state index contributed by atoms with van der Waals surface area (Å²) in [6.45, 7) is 3.53. The van der Waals surface area contributed by atoms with Crippen molar-refractivity contribution in [2.45, 2.75) is 26.4 Å². The topological polar surface area (TPSA) is 26.3 Å². The maximum absolute atomic E-state index is 11.6. The molecular weight excluding hydrogens is 200 g/mol. The Labute approximate surface area is 94.9 Å². The van der Waals surface area contributed by atoms with E-state index in [4.69, 9.17) is 4.74 Å². The van der Waals surface area contributed by atoms with Gasteiger partial charge in [-0.25, -0.2) is 0 Å². The molecular formula is C14H14O2. The maximum atomic E-state index is 11.6. The van der Waals surface area contributed by atoms with Gasteiger partial charge in [0.2, 0.25) is 0 Å². The lowest BCUT2D eigenvalue weighted by molar-refractivity contribution is -0.114. The zero-order valence-electron chi connectivity index (χ0n) is 9.49. The first-order valence-electron chi connectivity index (χ1n) is 5.64. The summed E-state index contributed by atoms with van der Waals surface area (Å²) < 4.78 is 5.84. The quantitative estimate of drug-likeness (QED) is 0.718. The number of ketones is 1. The van der Waals surface area contributed by atoms with E-state index in [0.29, 0.717) is 0 Å². The number of carbonyl (C=O) groups is 1. The fourth-order valence-corrected chi connectivity index (χ4v) is 2.98. The van der Waals surface area contributed by atoms with Crippen LogP contribution in [-0.2, 0) is 16.0 Å².